The van der Waals surface area contributed by atoms with Crippen LogP contribution in [0.25, 0.3) is 11.0 Å². The van der Waals surface area contributed by atoms with Crippen molar-refractivity contribution in [2.45, 2.75) is 18.8 Å². The van der Waals surface area contributed by atoms with Crippen LogP contribution in [-0.2, 0) is 4.79 Å². The number of imidazole rings is 1. The van der Waals surface area contributed by atoms with Gasteiger partial charge in [-0.15, -0.1) is 0 Å². The number of rotatable bonds is 5. The van der Waals surface area contributed by atoms with Gasteiger partial charge in [0.25, 0.3) is 0 Å². The van der Waals surface area contributed by atoms with Crippen LogP contribution < -0.4 is 5.32 Å². The van der Waals surface area contributed by atoms with Crippen LogP contribution in [0.4, 0.5) is 23.5 Å². The third kappa shape index (κ3) is 3.78. The molecule has 0 saturated carbocycles. The van der Waals surface area contributed by atoms with Crippen LogP contribution in [0.5, 0.6) is 0 Å². The molecular weight excluding hydrogens is 338 g/mol. The normalized spacial score (nSPS) is 12.5. The lowest BCUT2D eigenvalue weighted by Crippen LogP contribution is -2.23. The van der Waals surface area contributed by atoms with Gasteiger partial charge in [0.1, 0.15) is 11.3 Å². The lowest BCUT2D eigenvalue weighted by Gasteiger charge is -2.16. The maximum absolute atomic E-state index is 13.6. The van der Waals surface area contributed by atoms with Crippen molar-refractivity contribution >= 4 is 22.9 Å². The van der Waals surface area contributed by atoms with Crippen LogP contribution >= 0.6 is 0 Å². The summed E-state index contributed by atoms with van der Waals surface area (Å²) >= 11 is 0. The first-order valence-electron chi connectivity index (χ1n) is 7.42. The average molecular weight is 351 g/mol. The molecule has 0 radical (unpaired) electrons. The molecule has 25 heavy (non-hydrogen) atoms. The first-order valence-corrected chi connectivity index (χ1v) is 7.42. The second-order valence-corrected chi connectivity index (χ2v) is 5.44. The van der Waals surface area contributed by atoms with Gasteiger partial charge in [-0.3, -0.25) is 10.1 Å². The highest BCUT2D eigenvalue weighted by molar-refractivity contribution is 5.95. The highest BCUT2D eigenvalue weighted by Crippen LogP contribution is 2.26. The number of amides is 1. The third-order valence-electron chi connectivity index (χ3n) is 3.71. The van der Waals surface area contributed by atoms with E-state index in [1.807, 2.05) is 0 Å². The summed E-state index contributed by atoms with van der Waals surface area (Å²) in [5, 5.41) is 2.38. The minimum Gasteiger partial charge on any atom is -0.324 e. The Morgan fingerprint density at radius 1 is 1.12 bits per heavy atom. The van der Waals surface area contributed by atoms with Crippen molar-refractivity contribution in [3.8, 4) is 0 Å². The Morgan fingerprint density at radius 3 is 2.48 bits per heavy atom. The molecule has 3 aromatic rings. The lowest BCUT2D eigenvalue weighted by molar-refractivity contribution is -0.118. The van der Waals surface area contributed by atoms with Crippen molar-refractivity contribution in [2.75, 3.05) is 5.32 Å². The molecule has 1 amide bonds. The minimum atomic E-state index is -2.73. The van der Waals surface area contributed by atoms with E-state index in [1.165, 1.54) is 24.3 Å². The summed E-state index contributed by atoms with van der Waals surface area (Å²) in [6.45, 7) is 0. The van der Waals surface area contributed by atoms with Gasteiger partial charge in [-0.2, -0.15) is 0 Å². The van der Waals surface area contributed by atoms with E-state index in [9.17, 15) is 22.4 Å². The minimum absolute atomic E-state index is 0.0324. The van der Waals surface area contributed by atoms with Crippen molar-refractivity contribution in [2.24, 2.45) is 0 Å². The Balaban J connectivity index is 1.86. The number of fused-ring (bicyclic) bond motifs is 1. The molecular formula is C17H13F4N3O. The first kappa shape index (κ1) is 16.9. The van der Waals surface area contributed by atoms with Gasteiger partial charge in [-0.05, 0) is 29.8 Å². The number of H-pyrrole nitrogens is 1. The topological polar surface area (TPSA) is 57.8 Å². The number of nitrogens with one attached hydrogen (secondary N) is 2. The predicted octanol–water partition coefficient (Wildman–Crippen LogP) is 4.22. The molecule has 1 heterocycles. The molecule has 2 aromatic carbocycles. The number of nitrogens with zero attached hydrogens (tertiary/aromatic N) is 1. The van der Waals surface area contributed by atoms with Gasteiger partial charge in [0.15, 0.2) is 5.82 Å². The van der Waals surface area contributed by atoms with Gasteiger partial charge >= 0.3 is 0 Å². The van der Waals surface area contributed by atoms with Crippen LogP contribution in [0.2, 0.25) is 0 Å². The fourth-order valence-electron chi connectivity index (χ4n) is 2.53. The number of alkyl halides is 2. The van der Waals surface area contributed by atoms with E-state index >= 15 is 0 Å². The smallest absolute Gasteiger partial charge is 0.239 e. The van der Waals surface area contributed by atoms with Crippen LogP contribution in [0.15, 0.2) is 42.5 Å². The predicted molar refractivity (Wildman–Crippen MR) is 84.4 cm³/mol. The molecule has 4 nitrogen and oxygen atoms in total. The third-order valence-corrected chi connectivity index (χ3v) is 3.71. The SMILES string of the molecule is O=C(Nc1nc2c(F)cccc2[nH]1)C(CC(F)F)c1ccc(F)cc1. The molecule has 0 saturated heterocycles. The molecule has 3 rings (SSSR count). The molecule has 0 aliphatic rings. The van der Waals surface area contributed by atoms with Gasteiger partial charge in [-0.25, -0.2) is 22.5 Å². The van der Waals surface area contributed by atoms with Crippen LogP contribution in [0.3, 0.4) is 0 Å². The Labute approximate surface area is 139 Å². The zero-order chi connectivity index (χ0) is 18.0. The van der Waals surface area contributed by atoms with Crippen LogP contribution in [-0.4, -0.2) is 22.3 Å². The molecule has 8 heteroatoms. The van der Waals surface area contributed by atoms with Crippen molar-refractivity contribution < 1.29 is 22.4 Å². The molecule has 0 bridgehead atoms. The molecule has 1 atom stereocenters. The molecule has 2 N–H and O–H groups in total. The number of carbonyl (C=O) groups excluding carboxylic acids is 1. The molecule has 0 spiro atoms. The van der Waals surface area contributed by atoms with Crippen molar-refractivity contribution in [3.63, 3.8) is 0 Å². The Hall–Kier alpha value is -2.90. The number of carbonyl (C=O) groups is 1. The first-order chi connectivity index (χ1) is 11.9. The molecule has 1 unspecified atom stereocenters. The Bertz CT molecular complexity index is 893. The van der Waals surface area contributed by atoms with E-state index in [0.717, 1.165) is 12.1 Å². The van der Waals surface area contributed by atoms with Crippen molar-refractivity contribution in [1.82, 2.24) is 9.97 Å². The van der Waals surface area contributed by atoms with Gasteiger partial charge in [0.2, 0.25) is 18.3 Å². The highest BCUT2D eigenvalue weighted by atomic mass is 19.3. The van der Waals surface area contributed by atoms with E-state index in [2.05, 4.69) is 15.3 Å². The van der Waals surface area contributed by atoms with E-state index in [-0.39, 0.29) is 17.0 Å². The van der Waals surface area contributed by atoms with Crippen molar-refractivity contribution in [1.29, 1.82) is 0 Å². The summed E-state index contributed by atoms with van der Waals surface area (Å²) < 4.78 is 52.3. The molecule has 0 aliphatic heterocycles. The monoisotopic (exact) mass is 351 g/mol. The van der Waals surface area contributed by atoms with E-state index in [0.29, 0.717) is 5.52 Å². The van der Waals surface area contributed by atoms with Gasteiger partial charge < -0.3 is 4.98 Å². The summed E-state index contributed by atoms with van der Waals surface area (Å²) in [7, 11) is 0. The van der Waals surface area contributed by atoms with Crippen LogP contribution in [0.1, 0.15) is 17.9 Å². The number of aromatic amines is 1. The van der Waals surface area contributed by atoms with Gasteiger partial charge in [0, 0.05) is 6.42 Å². The largest absolute Gasteiger partial charge is 0.324 e. The maximum atomic E-state index is 13.6. The van der Waals surface area contributed by atoms with E-state index in [1.54, 1.807) is 6.07 Å². The fraction of sp³-hybridized carbons (Fsp3) is 0.176. The summed E-state index contributed by atoms with van der Waals surface area (Å²) in [4.78, 5) is 19.0. The standard InChI is InChI=1S/C17H13F4N3O/c18-10-6-4-9(5-7-10)11(8-14(20)21)16(25)24-17-22-13-3-1-2-12(19)15(13)23-17/h1-7,11,14H,8H2,(H2,22,23,24,25). The highest BCUT2D eigenvalue weighted by Gasteiger charge is 2.25. The van der Waals surface area contributed by atoms with E-state index in [4.69, 9.17) is 0 Å². The number of aromatic nitrogens is 2. The summed E-state index contributed by atoms with van der Waals surface area (Å²) in [6, 6.07) is 9.00. The second-order valence-electron chi connectivity index (χ2n) is 5.44. The van der Waals surface area contributed by atoms with Crippen molar-refractivity contribution in [3.05, 3.63) is 59.7 Å². The maximum Gasteiger partial charge on any atom is 0.239 e. The molecule has 0 fully saturated rings. The van der Waals surface area contributed by atoms with Gasteiger partial charge in [0.05, 0.1) is 11.4 Å². The number of anilines is 1. The molecule has 0 aliphatic carbocycles. The molecule has 130 valence electrons. The number of halogens is 4. The van der Waals surface area contributed by atoms with Gasteiger partial charge in [-0.1, -0.05) is 18.2 Å². The second kappa shape index (κ2) is 6.92. The van der Waals surface area contributed by atoms with E-state index < -0.39 is 36.3 Å². The van der Waals surface area contributed by atoms with Crippen LogP contribution in [0, 0.1) is 11.6 Å². The zero-order valence-electron chi connectivity index (χ0n) is 12.8. The average Bonchev–Trinajstić information content (AvgIpc) is 2.97. The summed E-state index contributed by atoms with van der Waals surface area (Å²) in [6.07, 6.45) is -3.46. The summed E-state index contributed by atoms with van der Waals surface area (Å²) in [5.74, 6) is -3.10. The number of para-hydroxylation sites is 1. The number of hydrogen-bond donors (Lipinski definition) is 2. The summed E-state index contributed by atoms with van der Waals surface area (Å²) in [5.41, 5.74) is 0.647. The Kier molecular flexibility index (Phi) is 4.69. The number of benzene rings is 2. The lowest BCUT2D eigenvalue weighted by atomic mass is 9.95. The zero-order valence-corrected chi connectivity index (χ0v) is 12.8. The molecule has 1 aromatic heterocycles. The number of hydrogen-bond acceptors (Lipinski definition) is 2. The quantitative estimate of drug-likeness (QED) is 0.676. The fourth-order valence-corrected chi connectivity index (χ4v) is 2.53. The Morgan fingerprint density at radius 2 is 1.84 bits per heavy atom.